The van der Waals surface area contributed by atoms with E-state index in [4.69, 9.17) is 16.3 Å². The predicted molar refractivity (Wildman–Crippen MR) is 122 cm³/mol. The molecule has 6 nitrogen and oxygen atoms in total. The number of H-pyrrole nitrogens is 1. The van der Waals surface area contributed by atoms with Gasteiger partial charge in [-0.25, -0.2) is 0 Å². The van der Waals surface area contributed by atoms with E-state index in [1.807, 2.05) is 36.4 Å². The molecule has 0 unspecified atom stereocenters. The fourth-order valence-electron chi connectivity index (χ4n) is 4.90. The first-order valence-electron chi connectivity index (χ1n) is 10.8. The molecular formula is C24H25ClN4O2. The molecule has 0 radical (unpaired) electrons. The topological polar surface area (TPSA) is 70.0 Å². The number of aldehydes is 1. The number of rotatable bonds is 5. The predicted octanol–water partition coefficient (Wildman–Crippen LogP) is 3.65. The number of hydrogen-bond donors (Lipinski definition) is 1. The number of halogens is 1. The minimum absolute atomic E-state index is 0.224. The van der Waals surface area contributed by atoms with Gasteiger partial charge in [0.05, 0.1) is 41.8 Å². The number of carbonyl (C=O) groups excluding carboxylic acids is 1. The third-order valence-corrected chi connectivity index (χ3v) is 6.72. The molecule has 7 heteroatoms. The van der Waals surface area contributed by atoms with Crippen LogP contribution in [0.25, 0.3) is 11.8 Å². The number of anilines is 1. The second-order valence-electron chi connectivity index (χ2n) is 8.23. The van der Waals surface area contributed by atoms with Gasteiger partial charge in [0.2, 0.25) is 0 Å². The van der Waals surface area contributed by atoms with E-state index in [0.29, 0.717) is 25.6 Å². The van der Waals surface area contributed by atoms with Crippen molar-refractivity contribution >= 4 is 35.3 Å². The Kier molecular flexibility index (Phi) is 5.64. The van der Waals surface area contributed by atoms with Crippen LogP contribution in [0, 0.1) is 5.92 Å². The fourth-order valence-corrected chi connectivity index (χ4v) is 5.22. The van der Waals surface area contributed by atoms with Gasteiger partial charge >= 0.3 is 0 Å². The molecule has 2 aromatic rings. The smallest absolute Gasteiger partial charge is 0.139 e. The number of benzene rings is 1. The van der Waals surface area contributed by atoms with Crippen LogP contribution in [0.1, 0.15) is 31.2 Å². The molecule has 3 aliphatic rings. The van der Waals surface area contributed by atoms with Crippen LogP contribution >= 0.6 is 11.6 Å². The fraction of sp³-hybridized carbons (Fsp3) is 0.375. The van der Waals surface area contributed by atoms with Crippen molar-refractivity contribution in [1.82, 2.24) is 4.98 Å². The molecule has 0 spiro atoms. The molecule has 31 heavy (non-hydrogen) atoms. The number of hydrogen-bond acceptors (Lipinski definition) is 5. The van der Waals surface area contributed by atoms with Gasteiger partial charge in [-0.1, -0.05) is 29.8 Å². The molecule has 1 aliphatic carbocycles. The average Bonchev–Trinajstić information content (AvgIpc) is 3.11. The van der Waals surface area contributed by atoms with Crippen molar-refractivity contribution in [3.05, 3.63) is 57.7 Å². The maximum atomic E-state index is 11.4. The molecule has 0 saturated heterocycles. The minimum Gasteiger partial charge on any atom is -0.490 e. The summed E-state index contributed by atoms with van der Waals surface area (Å²) in [6.07, 6.45) is 8.93. The lowest BCUT2D eigenvalue weighted by Gasteiger charge is -2.30. The number of fused-ring (bicyclic) bond motifs is 3. The summed E-state index contributed by atoms with van der Waals surface area (Å²) in [6, 6.07) is 10.0. The van der Waals surface area contributed by atoms with E-state index in [9.17, 15) is 4.79 Å². The SMILES string of the molecule is O=CCN1CC=C(Cl)C([C@H]2CC[C@H](Oc3ccccc3)CC2)=c2[nH]c3c(c21)CN=NC=3. The van der Waals surface area contributed by atoms with Gasteiger partial charge in [0.1, 0.15) is 12.0 Å². The van der Waals surface area contributed by atoms with Gasteiger partial charge in [0.15, 0.2) is 0 Å². The summed E-state index contributed by atoms with van der Waals surface area (Å²) in [5.41, 5.74) is 3.28. The van der Waals surface area contributed by atoms with Crippen LogP contribution in [0.5, 0.6) is 5.75 Å². The summed E-state index contributed by atoms with van der Waals surface area (Å²) in [5.74, 6) is 1.26. The van der Waals surface area contributed by atoms with E-state index in [2.05, 4.69) is 20.1 Å². The number of para-hydroxylation sites is 1. The van der Waals surface area contributed by atoms with Crippen LogP contribution in [-0.4, -0.2) is 30.5 Å². The van der Waals surface area contributed by atoms with Crippen molar-refractivity contribution in [2.45, 2.75) is 38.3 Å². The lowest BCUT2D eigenvalue weighted by molar-refractivity contribution is -0.106. The third kappa shape index (κ3) is 3.92. The molecule has 1 aromatic carbocycles. The number of carbonyl (C=O) groups is 1. The number of allylic oxidation sites excluding steroid dienone is 1. The minimum atomic E-state index is 0.224. The Bertz CT molecular complexity index is 1140. The Morgan fingerprint density at radius 1 is 1.19 bits per heavy atom. The highest BCUT2D eigenvalue weighted by atomic mass is 35.5. The summed E-state index contributed by atoms with van der Waals surface area (Å²) < 4.78 is 6.19. The molecule has 5 rings (SSSR count). The van der Waals surface area contributed by atoms with Crippen molar-refractivity contribution in [1.29, 1.82) is 0 Å². The van der Waals surface area contributed by atoms with Gasteiger partial charge in [0.25, 0.3) is 0 Å². The average molecular weight is 437 g/mol. The van der Waals surface area contributed by atoms with Crippen molar-refractivity contribution < 1.29 is 9.53 Å². The van der Waals surface area contributed by atoms with Crippen molar-refractivity contribution in [3.8, 4) is 5.75 Å². The molecule has 0 amide bonds. The zero-order chi connectivity index (χ0) is 21.2. The summed E-state index contributed by atoms with van der Waals surface area (Å²) in [6.45, 7) is 1.43. The highest BCUT2D eigenvalue weighted by molar-refractivity contribution is 6.36. The lowest BCUT2D eigenvalue weighted by atomic mass is 9.81. The zero-order valence-corrected chi connectivity index (χ0v) is 18.0. The largest absolute Gasteiger partial charge is 0.490 e. The number of ether oxygens (including phenoxy) is 1. The Morgan fingerprint density at radius 2 is 2.00 bits per heavy atom. The molecule has 0 atom stereocenters. The van der Waals surface area contributed by atoms with Gasteiger partial charge in [-0.2, -0.15) is 10.2 Å². The maximum Gasteiger partial charge on any atom is 0.139 e. The Morgan fingerprint density at radius 3 is 2.77 bits per heavy atom. The molecule has 2 aliphatic heterocycles. The summed E-state index contributed by atoms with van der Waals surface area (Å²) in [4.78, 5) is 17.0. The number of nitrogens with zero attached hydrogens (tertiary/aromatic N) is 3. The van der Waals surface area contributed by atoms with E-state index in [0.717, 1.165) is 70.3 Å². The summed E-state index contributed by atoms with van der Waals surface area (Å²) in [5, 5.41) is 11.0. The van der Waals surface area contributed by atoms with E-state index in [1.54, 1.807) is 6.20 Å². The van der Waals surface area contributed by atoms with Gasteiger partial charge in [-0.3, -0.25) is 0 Å². The number of aromatic nitrogens is 1. The van der Waals surface area contributed by atoms with Gasteiger partial charge < -0.3 is 19.4 Å². The van der Waals surface area contributed by atoms with Crippen LogP contribution < -0.4 is 20.3 Å². The van der Waals surface area contributed by atoms with Crippen LogP contribution in [0.15, 0.2) is 51.7 Å². The summed E-state index contributed by atoms with van der Waals surface area (Å²) >= 11 is 6.84. The number of azo groups is 1. The summed E-state index contributed by atoms with van der Waals surface area (Å²) in [7, 11) is 0. The standard InChI is InChI=1S/C24H25ClN4O2/c25-20-10-11-29(12-13-30)24-19-14-26-27-15-21(19)28-23(24)22(20)16-6-8-18(9-7-16)31-17-4-2-1-3-5-17/h1-5,10,13,15-16,18,28H,6-9,11-12,14H2/t16-,18-. The normalized spacial score (nSPS) is 22.7. The molecule has 0 bridgehead atoms. The van der Waals surface area contributed by atoms with Crippen LogP contribution in [-0.2, 0) is 11.3 Å². The molecule has 1 saturated carbocycles. The quantitative estimate of drug-likeness (QED) is 0.727. The molecule has 160 valence electrons. The molecule has 1 fully saturated rings. The molecule has 1 aromatic heterocycles. The maximum absolute atomic E-state index is 11.4. The van der Waals surface area contributed by atoms with Crippen molar-refractivity contribution in [2.24, 2.45) is 16.1 Å². The van der Waals surface area contributed by atoms with Crippen LogP contribution in [0.2, 0.25) is 0 Å². The van der Waals surface area contributed by atoms with Crippen LogP contribution in [0.4, 0.5) is 5.69 Å². The van der Waals surface area contributed by atoms with E-state index < -0.39 is 0 Å². The lowest BCUT2D eigenvalue weighted by Crippen LogP contribution is -2.31. The zero-order valence-electron chi connectivity index (χ0n) is 17.3. The van der Waals surface area contributed by atoms with E-state index >= 15 is 0 Å². The third-order valence-electron chi connectivity index (χ3n) is 6.36. The highest BCUT2D eigenvalue weighted by Crippen LogP contribution is 2.38. The molecule has 1 N–H and O–H groups in total. The second-order valence-corrected chi connectivity index (χ2v) is 8.63. The first kappa shape index (κ1) is 20.1. The van der Waals surface area contributed by atoms with Gasteiger partial charge in [-0.15, -0.1) is 0 Å². The molecular weight excluding hydrogens is 412 g/mol. The number of nitrogens with one attached hydrogen (secondary N) is 1. The first-order chi connectivity index (χ1) is 15.2. The van der Waals surface area contributed by atoms with E-state index in [1.165, 1.54) is 0 Å². The Labute approximate surface area is 186 Å². The van der Waals surface area contributed by atoms with E-state index in [-0.39, 0.29) is 6.10 Å². The van der Waals surface area contributed by atoms with Crippen LogP contribution in [0.3, 0.4) is 0 Å². The first-order valence-corrected chi connectivity index (χ1v) is 11.2. The van der Waals surface area contributed by atoms with Gasteiger partial charge in [-0.05, 0) is 55.4 Å². The second kappa shape index (κ2) is 8.71. The van der Waals surface area contributed by atoms with Gasteiger partial charge in [0, 0.05) is 17.1 Å². The number of aromatic amines is 1. The van der Waals surface area contributed by atoms with Crippen molar-refractivity contribution in [2.75, 3.05) is 18.0 Å². The highest BCUT2D eigenvalue weighted by Gasteiger charge is 2.30. The molecule has 3 heterocycles. The Hall–Kier alpha value is -2.86. The van der Waals surface area contributed by atoms with Crippen molar-refractivity contribution in [3.63, 3.8) is 0 Å². The Balaban J connectivity index is 1.48. The monoisotopic (exact) mass is 436 g/mol.